The Kier molecular flexibility index (Phi) is 6.17. The highest BCUT2D eigenvalue weighted by Gasteiger charge is 2.14. The average Bonchev–Trinajstić information content (AvgIpc) is 2.80. The fourth-order valence-electron chi connectivity index (χ4n) is 3.61. The molecule has 1 aromatic heterocycles. The number of hydrogen-bond acceptors (Lipinski definition) is 6. The lowest BCUT2D eigenvalue weighted by Crippen LogP contribution is -2.26. The number of para-hydroxylation sites is 1. The molecule has 4 rings (SSSR count). The highest BCUT2D eigenvalue weighted by Crippen LogP contribution is 2.21. The molecule has 0 atom stereocenters. The zero-order chi connectivity index (χ0) is 20.8. The summed E-state index contributed by atoms with van der Waals surface area (Å²) in [6.45, 7) is 0.461. The minimum atomic E-state index is -0.517. The molecular weight excluding hydrogens is 380 g/mol. The lowest BCUT2D eigenvalue weighted by atomic mass is 9.97. The zero-order valence-electron chi connectivity index (χ0n) is 16.7. The molecule has 30 heavy (non-hydrogen) atoms. The summed E-state index contributed by atoms with van der Waals surface area (Å²) < 4.78 is 6.40. The van der Waals surface area contributed by atoms with Crippen LogP contribution < -0.4 is 10.9 Å². The molecule has 2 aromatic carbocycles. The topological polar surface area (TPSA) is 86.1 Å². The van der Waals surface area contributed by atoms with Gasteiger partial charge in [0.2, 0.25) is 0 Å². The SMILES string of the molecule is O=C(OCn1nnc2ccccc2c1=O)c1ccccc1NCCC1=CCCCC1. The third kappa shape index (κ3) is 4.56. The Hall–Kier alpha value is -3.48. The van der Waals surface area contributed by atoms with Gasteiger partial charge >= 0.3 is 5.97 Å². The molecule has 0 saturated heterocycles. The minimum absolute atomic E-state index is 0.295. The molecule has 1 N–H and O–H groups in total. The summed E-state index contributed by atoms with van der Waals surface area (Å²) in [5.41, 5.74) is 2.78. The zero-order valence-corrected chi connectivity index (χ0v) is 16.7. The first-order valence-corrected chi connectivity index (χ1v) is 10.2. The summed E-state index contributed by atoms with van der Waals surface area (Å²) in [5, 5.41) is 11.6. The number of esters is 1. The van der Waals surface area contributed by atoms with Gasteiger partial charge in [-0.05, 0) is 56.4 Å². The summed E-state index contributed by atoms with van der Waals surface area (Å²) >= 11 is 0. The van der Waals surface area contributed by atoms with Gasteiger partial charge in [-0.1, -0.05) is 41.1 Å². The Labute approximate surface area is 174 Å². The van der Waals surface area contributed by atoms with E-state index in [4.69, 9.17) is 4.74 Å². The van der Waals surface area contributed by atoms with E-state index in [0.717, 1.165) is 36.2 Å². The maximum absolute atomic E-state index is 12.6. The van der Waals surface area contributed by atoms with E-state index in [1.54, 1.807) is 36.4 Å². The van der Waals surface area contributed by atoms with Crippen LogP contribution in [0.4, 0.5) is 5.69 Å². The summed E-state index contributed by atoms with van der Waals surface area (Å²) in [6.07, 6.45) is 8.14. The van der Waals surface area contributed by atoms with E-state index in [1.165, 1.54) is 18.4 Å². The molecule has 0 unspecified atom stereocenters. The van der Waals surface area contributed by atoms with Crippen molar-refractivity contribution < 1.29 is 9.53 Å². The maximum atomic E-state index is 12.6. The number of rotatable bonds is 7. The molecule has 0 radical (unpaired) electrons. The maximum Gasteiger partial charge on any atom is 0.342 e. The van der Waals surface area contributed by atoms with E-state index in [9.17, 15) is 9.59 Å². The Morgan fingerprint density at radius 1 is 1.10 bits per heavy atom. The van der Waals surface area contributed by atoms with E-state index >= 15 is 0 Å². The molecule has 0 saturated carbocycles. The molecule has 0 spiro atoms. The number of anilines is 1. The van der Waals surface area contributed by atoms with Crippen LogP contribution in [0.3, 0.4) is 0 Å². The van der Waals surface area contributed by atoms with Crippen LogP contribution >= 0.6 is 0 Å². The van der Waals surface area contributed by atoms with Crippen LogP contribution in [0.5, 0.6) is 0 Å². The number of allylic oxidation sites excluding steroid dienone is 1. The van der Waals surface area contributed by atoms with Crippen LogP contribution in [0.15, 0.2) is 65.0 Å². The number of hydrogen-bond donors (Lipinski definition) is 1. The van der Waals surface area contributed by atoms with Crippen molar-refractivity contribution in [3.63, 3.8) is 0 Å². The van der Waals surface area contributed by atoms with Gasteiger partial charge in [-0.15, -0.1) is 5.10 Å². The fourth-order valence-corrected chi connectivity index (χ4v) is 3.61. The van der Waals surface area contributed by atoms with Crippen LogP contribution in [-0.4, -0.2) is 27.5 Å². The van der Waals surface area contributed by atoms with Crippen LogP contribution in [0.1, 0.15) is 42.5 Å². The lowest BCUT2D eigenvalue weighted by Gasteiger charge is -2.15. The van der Waals surface area contributed by atoms with Crippen molar-refractivity contribution in [3.05, 3.63) is 76.1 Å². The first kappa shape index (κ1) is 19.8. The fraction of sp³-hybridized carbons (Fsp3) is 0.304. The predicted octanol–water partition coefficient (Wildman–Crippen LogP) is 3.91. The molecule has 0 fully saturated rings. The summed E-state index contributed by atoms with van der Waals surface area (Å²) in [5.74, 6) is -0.517. The normalized spacial score (nSPS) is 13.7. The molecular formula is C23H24N4O3. The van der Waals surface area contributed by atoms with Gasteiger partial charge in [0.25, 0.3) is 5.56 Å². The first-order valence-electron chi connectivity index (χ1n) is 10.2. The third-order valence-corrected chi connectivity index (χ3v) is 5.24. The molecule has 1 heterocycles. The van der Waals surface area contributed by atoms with Crippen LogP contribution in [0, 0.1) is 0 Å². The van der Waals surface area contributed by atoms with Crippen LogP contribution in [0.25, 0.3) is 10.9 Å². The average molecular weight is 404 g/mol. The Morgan fingerprint density at radius 2 is 1.93 bits per heavy atom. The number of carbonyl (C=O) groups is 1. The highest BCUT2D eigenvalue weighted by molar-refractivity contribution is 5.95. The number of aromatic nitrogens is 3. The Bertz CT molecular complexity index is 1140. The number of nitrogens with one attached hydrogen (secondary N) is 1. The quantitative estimate of drug-likeness (QED) is 0.475. The van der Waals surface area contributed by atoms with Gasteiger partial charge in [0.15, 0.2) is 6.73 Å². The summed E-state index contributed by atoms with van der Waals surface area (Å²) in [7, 11) is 0. The summed E-state index contributed by atoms with van der Waals surface area (Å²) in [4.78, 5) is 25.1. The lowest BCUT2D eigenvalue weighted by molar-refractivity contribution is 0.0337. The first-order chi connectivity index (χ1) is 14.7. The second-order valence-electron chi connectivity index (χ2n) is 7.30. The van der Waals surface area contributed by atoms with E-state index < -0.39 is 5.97 Å². The molecule has 1 aliphatic carbocycles. The highest BCUT2D eigenvalue weighted by atomic mass is 16.5. The predicted molar refractivity (Wildman–Crippen MR) is 115 cm³/mol. The van der Waals surface area contributed by atoms with Crippen molar-refractivity contribution in [3.8, 4) is 0 Å². The molecule has 0 aliphatic heterocycles. The number of carbonyl (C=O) groups excluding carboxylic acids is 1. The van der Waals surface area contributed by atoms with Crippen molar-refractivity contribution >= 4 is 22.6 Å². The second kappa shape index (κ2) is 9.35. The van der Waals surface area contributed by atoms with E-state index in [1.807, 2.05) is 12.1 Å². The van der Waals surface area contributed by atoms with Gasteiger partial charge in [-0.3, -0.25) is 4.79 Å². The molecule has 7 nitrogen and oxygen atoms in total. The molecule has 3 aromatic rings. The number of ether oxygens (including phenoxy) is 1. The van der Waals surface area contributed by atoms with Gasteiger partial charge in [0, 0.05) is 12.2 Å². The second-order valence-corrected chi connectivity index (χ2v) is 7.30. The van der Waals surface area contributed by atoms with E-state index in [-0.39, 0.29) is 12.3 Å². The van der Waals surface area contributed by atoms with Crippen LogP contribution in [0.2, 0.25) is 0 Å². The van der Waals surface area contributed by atoms with Crippen molar-refractivity contribution in [2.75, 3.05) is 11.9 Å². The van der Waals surface area contributed by atoms with Crippen LogP contribution in [-0.2, 0) is 11.5 Å². The minimum Gasteiger partial charge on any atom is -0.438 e. The number of benzene rings is 2. The van der Waals surface area contributed by atoms with E-state index in [0.29, 0.717) is 16.5 Å². The van der Waals surface area contributed by atoms with Gasteiger partial charge in [-0.2, -0.15) is 4.68 Å². The van der Waals surface area contributed by atoms with Crippen molar-refractivity contribution in [1.29, 1.82) is 0 Å². The largest absolute Gasteiger partial charge is 0.438 e. The van der Waals surface area contributed by atoms with Crippen molar-refractivity contribution in [2.24, 2.45) is 0 Å². The van der Waals surface area contributed by atoms with Gasteiger partial charge in [0.1, 0.15) is 5.52 Å². The Morgan fingerprint density at radius 3 is 2.80 bits per heavy atom. The van der Waals surface area contributed by atoms with Crippen molar-refractivity contribution in [1.82, 2.24) is 15.0 Å². The molecule has 0 amide bonds. The number of nitrogens with zero attached hydrogens (tertiary/aromatic N) is 3. The molecule has 0 bridgehead atoms. The standard InChI is InChI=1S/C23H24N4O3/c28-22-18-10-4-7-13-21(18)25-26-27(22)16-30-23(29)19-11-5-6-12-20(19)24-15-14-17-8-2-1-3-9-17/h4-8,10-13,24H,1-3,9,14-16H2. The smallest absolute Gasteiger partial charge is 0.342 e. The summed E-state index contributed by atoms with van der Waals surface area (Å²) in [6, 6.07) is 14.2. The Balaban J connectivity index is 1.41. The monoisotopic (exact) mass is 404 g/mol. The molecule has 7 heteroatoms. The molecule has 1 aliphatic rings. The van der Waals surface area contributed by atoms with E-state index in [2.05, 4.69) is 21.7 Å². The molecule has 154 valence electrons. The van der Waals surface area contributed by atoms with Gasteiger partial charge in [-0.25, -0.2) is 4.79 Å². The van der Waals surface area contributed by atoms with Crippen molar-refractivity contribution in [2.45, 2.75) is 38.8 Å². The third-order valence-electron chi connectivity index (χ3n) is 5.24. The number of fused-ring (bicyclic) bond motifs is 1. The van der Waals surface area contributed by atoms with Gasteiger partial charge in [0.05, 0.1) is 10.9 Å². The van der Waals surface area contributed by atoms with Gasteiger partial charge < -0.3 is 10.1 Å².